The van der Waals surface area contributed by atoms with Gasteiger partial charge in [-0.05, 0) is 30.7 Å². The highest BCUT2D eigenvalue weighted by Gasteiger charge is 2.16. The van der Waals surface area contributed by atoms with Crippen LogP contribution in [0.15, 0.2) is 18.2 Å². The number of carbonyl (C=O) groups is 1. The Balaban J connectivity index is 3.19. The Labute approximate surface area is 109 Å². The third-order valence-corrected chi connectivity index (χ3v) is 3.13. The van der Waals surface area contributed by atoms with Crippen molar-refractivity contribution in [3.8, 4) is 0 Å². The number of Topliss-reactive ketones (excluding diaryl/α,β-unsaturated/α-hetero) is 1. The van der Waals surface area contributed by atoms with E-state index in [0.29, 0.717) is 16.5 Å². The lowest BCUT2D eigenvalue weighted by molar-refractivity contribution is 0.0995. The topological polar surface area (TPSA) is 17.1 Å². The van der Waals surface area contributed by atoms with Crippen molar-refractivity contribution in [2.24, 2.45) is 0 Å². The number of benzene rings is 1. The van der Waals surface area contributed by atoms with Crippen molar-refractivity contribution in [2.45, 2.75) is 23.5 Å². The zero-order valence-corrected chi connectivity index (χ0v) is 11.7. The molecule has 0 heterocycles. The summed E-state index contributed by atoms with van der Waals surface area (Å²) in [6.07, 6.45) is -2.56. The summed E-state index contributed by atoms with van der Waals surface area (Å²) in [5, 5.41) is 0.449. The Kier molecular flexibility index (Phi) is 5.05. The molecule has 0 N–H and O–H groups in total. The van der Waals surface area contributed by atoms with E-state index in [9.17, 15) is 13.6 Å². The standard InChI is InChI=1S/C11H10Br2F2O/c1-6(13)10(16)8-2-7(5-12)3-9(4-8)11(14)15/h2-4,6,11H,5H2,1H3. The number of hydrogen-bond acceptors (Lipinski definition) is 1. The molecule has 1 aromatic carbocycles. The Morgan fingerprint density at radius 1 is 1.38 bits per heavy atom. The third-order valence-electron chi connectivity index (χ3n) is 2.07. The Bertz CT molecular complexity index is 392. The Morgan fingerprint density at radius 3 is 2.44 bits per heavy atom. The van der Waals surface area contributed by atoms with Gasteiger partial charge in [-0.25, -0.2) is 8.78 Å². The van der Waals surface area contributed by atoms with Crippen LogP contribution in [-0.4, -0.2) is 10.6 Å². The number of hydrogen-bond donors (Lipinski definition) is 0. The van der Waals surface area contributed by atoms with E-state index in [-0.39, 0.29) is 16.2 Å². The van der Waals surface area contributed by atoms with Gasteiger partial charge in [0.15, 0.2) is 5.78 Å². The van der Waals surface area contributed by atoms with Crippen LogP contribution in [0.25, 0.3) is 0 Å². The number of carbonyl (C=O) groups excluding carboxylic acids is 1. The molecule has 0 saturated carbocycles. The molecule has 0 aliphatic carbocycles. The average molecular weight is 356 g/mol. The van der Waals surface area contributed by atoms with Gasteiger partial charge in [0.2, 0.25) is 0 Å². The molecule has 1 aromatic rings. The number of rotatable bonds is 4. The van der Waals surface area contributed by atoms with Gasteiger partial charge in [-0.1, -0.05) is 31.9 Å². The number of ketones is 1. The third kappa shape index (κ3) is 3.35. The largest absolute Gasteiger partial charge is 0.293 e. The molecule has 16 heavy (non-hydrogen) atoms. The van der Waals surface area contributed by atoms with Crippen molar-refractivity contribution in [2.75, 3.05) is 0 Å². The highest BCUT2D eigenvalue weighted by molar-refractivity contribution is 9.10. The summed E-state index contributed by atoms with van der Waals surface area (Å²) in [6, 6.07) is 4.27. The van der Waals surface area contributed by atoms with Crippen molar-refractivity contribution in [3.63, 3.8) is 0 Å². The molecule has 0 aliphatic rings. The molecule has 0 aromatic heterocycles. The SMILES string of the molecule is CC(Br)C(=O)c1cc(CBr)cc(C(F)F)c1. The number of halogens is 4. The molecule has 0 bridgehead atoms. The van der Waals surface area contributed by atoms with E-state index in [1.165, 1.54) is 12.1 Å². The summed E-state index contributed by atoms with van der Waals surface area (Å²) >= 11 is 6.33. The first kappa shape index (κ1) is 13.8. The van der Waals surface area contributed by atoms with Gasteiger partial charge in [0, 0.05) is 16.5 Å². The smallest absolute Gasteiger partial charge is 0.263 e. The summed E-state index contributed by atoms with van der Waals surface area (Å²) in [5.41, 5.74) is 0.874. The monoisotopic (exact) mass is 354 g/mol. The van der Waals surface area contributed by atoms with Crippen LogP contribution in [0.2, 0.25) is 0 Å². The van der Waals surface area contributed by atoms with Crippen molar-refractivity contribution in [1.82, 2.24) is 0 Å². The Morgan fingerprint density at radius 2 is 2.00 bits per heavy atom. The predicted octanol–water partition coefficient (Wildman–Crippen LogP) is 4.49. The molecule has 5 heteroatoms. The van der Waals surface area contributed by atoms with Crippen LogP contribution in [0.4, 0.5) is 8.78 Å². The normalized spacial score (nSPS) is 12.9. The molecule has 1 unspecified atom stereocenters. The van der Waals surface area contributed by atoms with Gasteiger partial charge < -0.3 is 0 Å². The minimum Gasteiger partial charge on any atom is -0.293 e. The van der Waals surface area contributed by atoms with Gasteiger partial charge in [-0.15, -0.1) is 0 Å². The second-order valence-electron chi connectivity index (χ2n) is 3.38. The summed E-state index contributed by atoms with van der Waals surface area (Å²) in [6.45, 7) is 1.67. The lowest BCUT2D eigenvalue weighted by Crippen LogP contribution is -2.11. The van der Waals surface area contributed by atoms with Crippen LogP contribution < -0.4 is 0 Å². The van der Waals surface area contributed by atoms with Crippen molar-refractivity contribution < 1.29 is 13.6 Å². The zero-order valence-electron chi connectivity index (χ0n) is 8.51. The maximum absolute atomic E-state index is 12.6. The molecular formula is C11H10Br2F2O. The van der Waals surface area contributed by atoms with Crippen molar-refractivity contribution in [3.05, 3.63) is 34.9 Å². The van der Waals surface area contributed by atoms with Gasteiger partial charge in [0.05, 0.1) is 4.83 Å². The molecule has 0 saturated heterocycles. The van der Waals surface area contributed by atoms with Crippen molar-refractivity contribution >= 4 is 37.6 Å². The van der Waals surface area contributed by atoms with E-state index in [2.05, 4.69) is 31.9 Å². The molecular weight excluding hydrogens is 346 g/mol. The van der Waals surface area contributed by atoms with Gasteiger partial charge in [0.1, 0.15) is 0 Å². The second-order valence-corrected chi connectivity index (χ2v) is 5.31. The molecule has 1 atom stereocenters. The fourth-order valence-electron chi connectivity index (χ4n) is 1.29. The van der Waals surface area contributed by atoms with Crippen LogP contribution in [0.5, 0.6) is 0 Å². The minimum atomic E-state index is -2.56. The van der Waals surface area contributed by atoms with Crippen molar-refractivity contribution in [1.29, 1.82) is 0 Å². The molecule has 0 radical (unpaired) electrons. The average Bonchev–Trinajstić information content (AvgIpc) is 2.27. The molecule has 0 amide bonds. The first-order valence-electron chi connectivity index (χ1n) is 4.62. The fourth-order valence-corrected chi connectivity index (χ4v) is 1.88. The quantitative estimate of drug-likeness (QED) is 0.574. The van der Waals surface area contributed by atoms with E-state index < -0.39 is 6.43 Å². The van der Waals surface area contributed by atoms with Gasteiger partial charge >= 0.3 is 0 Å². The first-order valence-corrected chi connectivity index (χ1v) is 6.65. The summed E-state index contributed by atoms with van der Waals surface area (Å²) in [7, 11) is 0. The molecule has 88 valence electrons. The molecule has 0 aliphatic heterocycles. The summed E-state index contributed by atoms with van der Waals surface area (Å²) in [4.78, 5) is 11.3. The summed E-state index contributed by atoms with van der Waals surface area (Å²) < 4.78 is 25.2. The van der Waals surface area contributed by atoms with Crippen LogP contribution in [0.1, 0.15) is 34.8 Å². The summed E-state index contributed by atoms with van der Waals surface area (Å²) in [5.74, 6) is -0.190. The molecule has 1 nitrogen and oxygen atoms in total. The van der Waals surface area contributed by atoms with Crippen LogP contribution in [0.3, 0.4) is 0 Å². The van der Waals surface area contributed by atoms with E-state index in [4.69, 9.17) is 0 Å². The molecule has 1 rings (SSSR count). The molecule has 0 spiro atoms. The minimum absolute atomic E-state index is 0.117. The van der Waals surface area contributed by atoms with Crippen LogP contribution >= 0.6 is 31.9 Å². The Hall–Kier alpha value is -0.290. The predicted molar refractivity (Wildman–Crippen MR) is 66.7 cm³/mol. The fraction of sp³-hybridized carbons (Fsp3) is 0.364. The highest BCUT2D eigenvalue weighted by atomic mass is 79.9. The van der Waals surface area contributed by atoms with Crippen LogP contribution in [0, 0.1) is 0 Å². The first-order chi connectivity index (χ1) is 7.45. The molecule has 0 fully saturated rings. The number of alkyl halides is 4. The maximum atomic E-state index is 12.6. The maximum Gasteiger partial charge on any atom is 0.263 e. The second kappa shape index (κ2) is 5.87. The van der Waals surface area contributed by atoms with Crippen LogP contribution in [-0.2, 0) is 5.33 Å². The van der Waals surface area contributed by atoms with E-state index in [1.54, 1.807) is 13.0 Å². The lowest BCUT2D eigenvalue weighted by atomic mass is 10.0. The van der Waals surface area contributed by atoms with E-state index >= 15 is 0 Å². The highest BCUT2D eigenvalue weighted by Crippen LogP contribution is 2.24. The lowest BCUT2D eigenvalue weighted by Gasteiger charge is -2.08. The van der Waals surface area contributed by atoms with Gasteiger partial charge in [-0.2, -0.15) is 0 Å². The van der Waals surface area contributed by atoms with E-state index in [0.717, 1.165) is 0 Å². The van der Waals surface area contributed by atoms with E-state index in [1.807, 2.05) is 0 Å². The van der Waals surface area contributed by atoms with Gasteiger partial charge in [0.25, 0.3) is 6.43 Å². The zero-order chi connectivity index (χ0) is 12.3. The van der Waals surface area contributed by atoms with Gasteiger partial charge in [-0.3, -0.25) is 4.79 Å².